The molecule has 0 saturated heterocycles. The molecular weight excluding hydrogens is 598 g/mol. The van der Waals surface area contributed by atoms with E-state index in [2.05, 4.69) is 16.0 Å². The highest BCUT2D eigenvalue weighted by Gasteiger charge is 2.37. The van der Waals surface area contributed by atoms with Crippen LogP contribution in [0.1, 0.15) is 12.8 Å². The van der Waals surface area contributed by atoms with Crippen molar-refractivity contribution in [3.05, 3.63) is 0 Å². The second-order valence-corrected chi connectivity index (χ2v) is 16.2. The molecule has 2 unspecified atom stereocenters. The van der Waals surface area contributed by atoms with Crippen molar-refractivity contribution < 1.29 is 46.2 Å². The summed E-state index contributed by atoms with van der Waals surface area (Å²) in [6, 6.07) is 1.25. The van der Waals surface area contributed by atoms with Gasteiger partial charge >= 0.3 is 17.6 Å². The van der Waals surface area contributed by atoms with Gasteiger partial charge in [0.25, 0.3) is 0 Å². The summed E-state index contributed by atoms with van der Waals surface area (Å²) in [4.78, 5) is 2.02. The Balaban J connectivity index is 4.57. The summed E-state index contributed by atoms with van der Waals surface area (Å²) in [7, 11) is 4.24. The van der Waals surface area contributed by atoms with Gasteiger partial charge in [0.15, 0.2) is 0 Å². The summed E-state index contributed by atoms with van der Waals surface area (Å²) < 4.78 is 44.0. The highest BCUT2D eigenvalue weighted by molar-refractivity contribution is 6.60. The maximum Gasteiger partial charge on any atom is 0.500 e. The van der Waals surface area contributed by atoms with Crippen molar-refractivity contribution in [2.75, 3.05) is 135 Å². The molecule has 7 N–H and O–H groups in total. The number of nitrogens with two attached hydrogens (primary N) is 1. The zero-order chi connectivity index (χ0) is 32.2. The number of hydrogen-bond donors (Lipinski definition) is 6. The van der Waals surface area contributed by atoms with Gasteiger partial charge in [-0.3, -0.25) is 4.90 Å². The van der Waals surface area contributed by atoms with E-state index in [4.69, 9.17) is 41.8 Å². The number of aliphatic hydroxyl groups excluding tert-OH is 2. The maximum absolute atomic E-state index is 10.7. The normalized spacial score (nSPS) is 14.1. The molecule has 0 radical (unpaired) electrons. The lowest BCUT2D eigenvalue weighted by Crippen LogP contribution is -2.44. The monoisotopic (exact) mass is 661 g/mol. The summed E-state index contributed by atoms with van der Waals surface area (Å²) in [6.45, 7) is 8.23. The standard InChI is InChI=1S/C26H63N5O10Si2/c1-34-42(35-2,36-3)19-7-17-40-23-25(32)21-31(16-15-30-14-13-29-12-11-28-10-9-27)22-26(33)24-41-18-8-20-43(37-4,38-5)39-6/h25-26,28-30,32-33H,7-24,27H2,1-6H3. The lowest BCUT2D eigenvalue weighted by Gasteiger charge is -2.28. The molecule has 17 heteroatoms. The molecule has 0 aromatic heterocycles. The third kappa shape index (κ3) is 21.3. The molecule has 43 heavy (non-hydrogen) atoms. The Labute approximate surface area is 262 Å². The molecule has 0 heterocycles. The maximum atomic E-state index is 10.7. The highest BCUT2D eigenvalue weighted by atomic mass is 28.4. The van der Waals surface area contributed by atoms with E-state index < -0.39 is 29.8 Å². The number of aliphatic hydroxyl groups is 2. The van der Waals surface area contributed by atoms with E-state index in [0.717, 1.165) is 32.7 Å². The smallest absolute Gasteiger partial charge is 0.389 e. The van der Waals surface area contributed by atoms with Crippen LogP contribution < -0.4 is 21.7 Å². The van der Waals surface area contributed by atoms with Crippen molar-refractivity contribution in [1.29, 1.82) is 0 Å². The SMILES string of the molecule is CO[Si](CCCOCC(O)CN(CCNCCNCCNCCN)CC(O)COCCC[Si](OC)(OC)OC)(OC)OC. The van der Waals surface area contributed by atoms with Crippen LogP contribution in [0.4, 0.5) is 0 Å². The van der Waals surface area contributed by atoms with E-state index in [1.54, 1.807) is 42.7 Å². The van der Waals surface area contributed by atoms with Crippen molar-refractivity contribution in [2.45, 2.75) is 37.1 Å². The molecule has 0 rings (SSSR count). The number of nitrogens with one attached hydrogen (secondary N) is 3. The average Bonchev–Trinajstić information content (AvgIpc) is 3.02. The third-order valence-electron chi connectivity index (χ3n) is 6.85. The van der Waals surface area contributed by atoms with Crippen LogP contribution in [0.5, 0.6) is 0 Å². The van der Waals surface area contributed by atoms with Gasteiger partial charge in [0, 0.05) is 133 Å². The third-order valence-corrected chi connectivity index (χ3v) is 12.5. The summed E-state index contributed by atoms with van der Waals surface area (Å²) >= 11 is 0. The van der Waals surface area contributed by atoms with Gasteiger partial charge in [0.1, 0.15) is 0 Å². The molecule has 0 aliphatic rings. The van der Waals surface area contributed by atoms with E-state index >= 15 is 0 Å². The van der Waals surface area contributed by atoms with Gasteiger partial charge in [-0.2, -0.15) is 0 Å². The van der Waals surface area contributed by atoms with Gasteiger partial charge < -0.3 is 67.9 Å². The van der Waals surface area contributed by atoms with E-state index in [9.17, 15) is 10.2 Å². The predicted molar refractivity (Wildman–Crippen MR) is 170 cm³/mol. The second kappa shape index (κ2) is 28.1. The average molecular weight is 662 g/mol. The molecule has 0 bridgehead atoms. The first-order valence-corrected chi connectivity index (χ1v) is 19.0. The van der Waals surface area contributed by atoms with Crippen LogP contribution in [0.2, 0.25) is 12.1 Å². The number of ether oxygens (including phenoxy) is 2. The van der Waals surface area contributed by atoms with Crippen molar-refractivity contribution in [1.82, 2.24) is 20.9 Å². The topological polar surface area (TPSA) is 180 Å². The Morgan fingerprint density at radius 1 is 0.605 bits per heavy atom. The minimum Gasteiger partial charge on any atom is -0.389 e. The summed E-state index contributed by atoms with van der Waals surface area (Å²) in [5.74, 6) is 0. The van der Waals surface area contributed by atoms with E-state index in [-0.39, 0.29) is 13.2 Å². The second-order valence-electron chi connectivity index (χ2n) is 10.1. The Hall–Kier alpha value is -0.166. The van der Waals surface area contributed by atoms with Gasteiger partial charge in [-0.05, 0) is 12.8 Å². The first kappa shape index (κ1) is 42.8. The highest BCUT2D eigenvalue weighted by Crippen LogP contribution is 2.16. The molecular formula is C26H63N5O10Si2. The van der Waals surface area contributed by atoms with Gasteiger partial charge in [0.05, 0.1) is 25.4 Å². The Bertz CT molecular complexity index is 562. The molecule has 260 valence electrons. The van der Waals surface area contributed by atoms with E-state index in [0.29, 0.717) is 70.9 Å². The summed E-state index contributed by atoms with van der Waals surface area (Å²) in [5, 5.41) is 31.4. The molecule has 0 aliphatic heterocycles. The molecule has 0 spiro atoms. The minimum atomic E-state index is -2.63. The van der Waals surface area contributed by atoms with E-state index in [1.807, 2.05) is 4.90 Å². The van der Waals surface area contributed by atoms with Crippen molar-refractivity contribution in [3.63, 3.8) is 0 Å². The first-order valence-electron chi connectivity index (χ1n) is 15.2. The zero-order valence-corrected chi connectivity index (χ0v) is 29.6. The quantitative estimate of drug-likeness (QED) is 0.0346. The van der Waals surface area contributed by atoms with Crippen molar-refractivity contribution in [2.24, 2.45) is 5.73 Å². The van der Waals surface area contributed by atoms with Crippen LogP contribution in [0, 0.1) is 0 Å². The Morgan fingerprint density at radius 3 is 1.35 bits per heavy atom. The Kier molecular flexibility index (Phi) is 28.0. The van der Waals surface area contributed by atoms with Crippen LogP contribution in [-0.4, -0.2) is 179 Å². The molecule has 0 fully saturated rings. The lowest BCUT2D eigenvalue weighted by atomic mass is 10.2. The minimum absolute atomic E-state index is 0.185. The Morgan fingerprint density at radius 2 is 0.977 bits per heavy atom. The van der Waals surface area contributed by atoms with Gasteiger partial charge in [-0.25, -0.2) is 0 Å². The molecule has 0 amide bonds. The van der Waals surface area contributed by atoms with Crippen molar-refractivity contribution >= 4 is 17.6 Å². The van der Waals surface area contributed by atoms with Gasteiger partial charge in [-0.1, -0.05) is 0 Å². The lowest BCUT2D eigenvalue weighted by molar-refractivity contribution is -0.0103. The molecule has 0 aromatic carbocycles. The fourth-order valence-corrected chi connectivity index (χ4v) is 7.74. The van der Waals surface area contributed by atoms with Crippen molar-refractivity contribution in [3.8, 4) is 0 Å². The van der Waals surface area contributed by atoms with Crippen LogP contribution >= 0.6 is 0 Å². The fourth-order valence-electron chi connectivity index (χ4n) is 4.36. The number of rotatable bonds is 33. The fraction of sp³-hybridized carbons (Fsp3) is 1.00. The van der Waals surface area contributed by atoms with Crippen LogP contribution in [-0.2, 0) is 36.0 Å². The summed E-state index contributed by atoms with van der Waals surface area (Å²) in [5.41, 5.74) is 5.47. The molecule has 0 saturated carbocycles. The summed E-state index contributed by atoms with van der Waals surface area (Å²) in [6.07, 6.45) is -0.0312. The van der Waals surface area contributed by atoms with Gasteiger partial charge in [-0.15, -0.1) is 0 Å². The van der Waals surface area contributed by atoms with Gasteiger partial charge in [0.2, 0.25) is 0 Å². The van der Waals surface area contributed by atoms with E-state index in [1.165, 1.54) is 0 Å². The first-order chi connectivity index (χ1) is 20.8. The largest absolute Gasteiger partial charge is 0.500 e. The predicted octanol–water partition coefficient (Wildman–Crippen LogP) is -1.69. The van der Waals surface area contributed by atoms with Crippen LogP contribution in [0.25, 0.3) is 0 Å². The molecule has 0 aliphatic carbocycles. The van der Waals surface area contributed by atoms with Crippen LogP contribution in [0.15, 0.2) is 0 Å². The van der Waals surface area contributed by atoms with Crippen LogP contribution in [0.3, 0.4) is 0 Å². The molecule has 0 aromatic rings. The zero-order valence-electron chi connectivity index (χ0n) is 27.6. The molecule has 2 atom stereocenters. The number of nitrogens with zero attached hydrogens (tertiary/aromatic N) is 1. The molecule has 15 nitrogen and oxygen atoms in total. The number of hydrogen-bond acceptors (Lipinski definition) is 15.